The lowest BCUT2D eigenvalue weighted by molar-refractivity contribution is 0.654. The smallest absolute Gasteiger partial charge is 0.229 e. The molecule has 13 aromatic rings. The van der Waals surface area contributed by atoms with Gasteiger partial charge in [0.05, 0.1) is 5.69 Å². The molecule has 0 saturated heterocycles. The maximum atomic E-state index is 6.74. The highest BCUT2D eigenvalue weighted by molar-refractivity contribution is 6.09. The topological polar surface area (TPSA) is 58.8 Å². The van der Waals surface area contributed by atoms with Gasteiger partial charge in [0, 0.05) is 73.3 Å². The number of hydrogen-bond acceptors (Lipinski definition) is 6. The van der Waals surface area contributed by atoms with Gasteiger partial charge in [-0.1, -0.05) is 97.1 Å². The van der Waals surface area contributed by atoms with Crippen LogP contribution in [0.3, 0.4) is 0 Å². The van der Waals surface area contributed by atoms with E-state index < -0.39 is 0 Å². The highest BCUT2D eigenvalue weighted by Gasteiger charge is 2.21. The predicted octanol–water partition coefficient (Wildman–Crippen LogP) is 16.0. The summed E-state index contributed by atoms with van der Waals surface area (Å²) in [7, 11) is 0. The fraction of sp³-hybridized carbons (Fsp3) is 0. The molecule has 4 heterocycles. The van der Waals surface area contributed by atoms with Crippen molar-refractivity contribution in [1.29, 1.82) is 0 Å². The second-order valence-electron chi connectivity index (χ2n) is 15.6. The van der Waals surface area contributed by atoms with Crippen LogP contribution in [0.1, 0.15) is 0 Å². The molecule has 0 spiro atoms. The van der Waals surface area contributed by atoms with Crippen molar-refractivity contribution >= 4 is 122 Å². The number of rotatable bonds is 6. The number of aromatic nitrogens is 1. The maximum absolute atomic E-state index is 6.74. The average Bonchev–Trinajstić information content (AvgIpc) is 3.99. The summed E-state index contributed by atoms with van der Waals surface area (Å²) in [5.74, 6) is 0.731. The molecule has 6 nitrogen and oxygen atoms in total. The number of benzene rings is 9. The van der Waals surface area contributed by atoms with Crippen LogP contribution in [0, 0.1) is 0 Å². The summed E-state index contributed by atoms with van der Waals surface area (Å²) in [6, 6.07) is 69.8. The number of fused-ring (bicyclic) bond motifs is 11. The molecule has 0 atom stereocenters. The average molecular weight is 784 g/mol. The molecule has 0 bridgehead atoms. The molecule has 0 unspecified atom stereocenters. The van der Waals surface area contributed by atoms with E-state index in [9.17, 15) is 0 Å². The molecule has 61 heavy (non-hydrogen) atoms. The van der Waals surface area contributed by atoms with E-state index >= 15 is 0 Å². The minimum Gasteiger partial charge on any atom is -0.456 e. The Labute approximate surface area is 348 Å². The van der Waals surface area contributed by atoms with Crippen molar-refractivity contribution in [2.24, 2.45) is 0 Å². The number of furan rings is 3. The molecule has 9 aromatic carbocycles. The molecule has 0 amide bonds. The first-order chi connectivity index (χ1) is 30.2. The summed E-state index contributed by atoms with van der Waals surface area (Å²) in [5.41, 5.74) is 9.55. The number of para-hydroxylation sites is 2. The van der Waals surface area contributed by atoms with Gasteiger partial charge in [-0.05, 0) is 106 Å². The minimum atomic E-state index is 0.557. The molecule has 0 fully saturated rings. The molecule has 4 aromatic heterocycles. The van der Waals surface area contributed by atoms with Gasteiger partial charge in [-0.3, -0.25) is 4.90 Å². The van der Waals surface area contributed by atoms with Gasteiger partial charge in [0.15, 0.2) is 0 Å². The lowest BCUT2D eigenvalue weighted by Crippen LogP contribution is -2.11. The normalized spacial score (nSPS) is 11.9. The van der Waals surface area contributed by atoms with Crippen LogP contribution in [0.5, 0.6) is 0 Å². The number of pyridine rings is 1. The number of nitrogens with zero attached hydrogens (tertiary/aromatic N) is 3. The molecular formula is C55H33N3O3. The van der Waals surface area contributed by atoms with Crippen molar-refractivity contribution in [3.63, 3.8) is 0 Å². The number of hydrogen-bond donors (Lipinski definition) is 0. The Hall–Kier alpha value is -8.35. The monoisotopic (exact) mass is 783 g/mol. The van der Waals surface area contributed by atoms with Crippen LogP contribution < -0.4 is 9.80 Å². The summed E-state index contributed by atoms with van der Waals surface area (Å²) < 4.78 is 19.5. The highest BCUT2D eigenvalue weighted by Crippen LogP contribution is 2.43. The molecule has 0 aliphatic heterocycles. The first-order valence-electron chi connectivity index (χ1n) is 20.4. The van der Waals surface area contributed by atoms with E-state index in [1.54, 1.807) is 0 Å². The van der Waals surface area contributed by atoms with E-state index in [-0.39, 0.29) is 0 Å². The summed E-state index contributed by atoms with van der Waals surface area (Å²) in [5, 5.41) is 10.9. The molecule has 0 aliphatic rings. The Morgan fingerprint density at radius 2 is 0.672 bits per heavy atom. The van der Waals surface area contributed by atoms with Crippen LogP contribution in [0.4, 0.5) is 34.3 Å². The third-order valence-corrected chi connectivity index (χ3v) is 12.0. The molecule has 0 N–H and O–H groups in total. The van der Waals surface area contributed by atoms with Gasteiger partial charge in [0.25, 0.3) is 0 Å². The maximum Gasteiger partial charge on any atom is 0.229 e. The van der Waals surface area contributed by atoms with Crippen molar-refractivity contribution in [1.82, 2.24) is 4.98 Å². The summed E-state index contributed by atoms with van der Waals surface area (Å²) in [6.07, 6.45) is 0. The summed E-state index contributed by atoms with van der Waals surface area (Å²) in [4.78, 5) is 9.69. The van der Waals surface area contributed by atoms with E-state index in [0.717, 1.165) is 105 Å². The molecule has 0 aliphatic carbocycles. The van der Waals surface area contributed by atoms with Crippen molar-refractivity contribution in [3.05, 3.63) is 200 Å². The van der Waals surface area contributed by atoms with Gasteiger partial charge < -0.3 is 18.2 Å². The van der Waals surface area contributed by atoms with E-state index in [1.807, 2.05) is 30.3 Å². The summed E-state index contributed by atoms with van der Waals surface area (Å²) in [6.45, 7) is 0. The quantitative estimate of drug-likeness (QED) is 0.167. The van der Waals surface area contributed by atoms with Gasteiger partial charge in [0.2, 0.25) is 5.71 Å². The van der Waals surface area contributed by atoms with Crippen molar-refractivity contribution in [3.8, 4) is 0 Å². The zero-order valence-electron chi connectivity index (χ0n) is 32.6. The molecule has 13 rings (SSSR count). The van der Waals surface area contributed by atoms with E-state index in [1.165, 1.54) is 10.8 Å². The Morgan fingerprint density at radius 1 is 0.279 bits per heavy atom. The fourth-order valence-electron chi connectivity index (χ4n) is 9.10. The lowest BCUT2D eigenvalue weighted by atomic mass is 10.1. The van der Waals surface area contributed by atoms with Crippen LogP contribution in [-0.2, 0) is 0 Å². The number of anilines is 6. The van der Waals surface area contributed by atoms with Gasteiger partial charge >= 0.3 is 0 Å². The van der Waals surface area contributed by atoms with E-state index in [0.29, 0.717) is 5.71 Å². The largest absolute Gasteiger partial charge is 0.456 e. The zero-order chi connectivity index (χ0) is 40.0. The van der Waals surface area contributed by atoms with Crippen molar-refractivity contribution in [2.45, 2.75) is 0 Å². The van der Waals surface area contributed by atoms with Crippen LogP contribution >= 0.6 is 0 Å². The Bertz CT molecular complexity index is 3620. The molecule has 0 saturated carbocycles. The zero-order valence-corrected chi connectivity index (χ0v) is 32.6. The van der Waals surface area contributed by atoms with Gasteiger partial charge in [-0.25, -0.2) is 0 Å². The minimum absolute atomic E-state index is 0.557. The van der Waals surface area contributed by atoms with Crippen LogP contribution in [-0.4, -0.2) is 4.98 Å². The van der Waals surface area contributed by atoms with E-state index in [2.05, 4.69) is 180 Å². The van der Waals surface area contributed by atoms with Gasteiger partial charge in [-0.2, -0.15) is 4.98 Å². The van der Waals surface area contributed by atoms with E-state index in [4.69, 9.17) is 18.2 Å². The van der Waals surface area contributed by atoms with Crippen molar-refractivity contribution < 1.29 is 13.3 Å². The fourth-order valence-corrected chi connectivity index (χ4v) is 9.10. The Balaban J connectivity index is 0.961. The Morgan fingerprint density at radius 3 is 1.25 bits per heavy atom. The molecule has 6 heteroatoms. The van der Waals surface area contributed by atoms with Gasteiger partial charge in [0.1, 0.15) is 33.7 Å². The van der Waals surface area contributed by atoms with Crippen LogP contribution in [0.25, 0.3) is 87.5 Å². The van der Waals surface area contributed by atoms with Crippen molar-refractivity contribution in [2.75, 3.05) is 9.80 Å². The molecule has 0 radical (unpaired) electrons. The predicted molar refractivity (Wildman–Crippen MR) is 250 cm³/mol. The molecular weight excluding hydrogens is 751 g/mol. The van der Waals surface area contributed by atoms with Crippen LogP contribution in [0.15, 0.2) is 213 Å². The third kappa shape index (κ3) is 5.39. The Kier molecular flexibility index (Phi) is 7.21. The first-order valence-corrected chi connectivity index (χ1v) is 20.4. The SMILES string of the molecule is c1ccc2cc(N(c3ccc4c(c3)oc3ccccc34)c3ccc4c(c3)oc3nc(N(c5ccc6ccccc6c5)c5ccc6c(c5)oc5ccccc56)ccc34)ccc2c1. The first kappa shape index (κ1) is 33.6. The summed E-state index contributed by atoms with van der Waals surface area (Å²) >= 11 is 0. The standard InChI is InChI=1S/C55H33N3O3/c1-3-11-36-29-38(19-17-34(36)9-1)57(40-21-24-45-43-13-5-7-15-49(43)59-51(45)31-40)41-22-26-47-48-27-28-54(56-55(48)61-53(47)32-41)58(39-20-18-35-10-2-4-12-37(35)30-39)42-23-25-46-44-14-6-8-16-50(44)60-52(46)33-42/h1-33H. The lowest BCUT2D eigenvalue weighted by Gasteiger charge is -2.25. The second kappa shape index (κ2) is 13.1. The highest BCUT2D eigenvalue weighted by atomic mass is 16.3. The second-order valence-corrected chi connectivity index (χ2v) is 15.6. The third-order valence-electron chi connectivity index (χ3n) is 12.0. The molecule has 286 valence electrons. The van der Waals surface area contributed by atoms with Gasteiger partial charge in [-0.15, -0.1) is 0 Å². The van der Waals surface area contributed by atoms with Crippen LogP contribution in [0.2, 0.25) is 0 Å².